The predicted molar refractivity (Wildman–Crippen MR) is 79.9 cm³/mol. The lowest BCUT2D eigenvalue weighted by atomic mass is 9.98. The number of hydrogen-bond donors (Lipinski definition) is 1. The summed E-state index contributed by atoms with van der Waals surface area (Å²) in [6, 6.07) is 8.07. The van der Waals surface area contributed by atoms with Crippen LogP contribution >= 0.6 is 0 Å². The average molecular weight is 271 g/mol. The van der Waals surface area contributed by atoms with Gasteiger partial charge in [-0.15, -0.1) is 0 Å². The lowest BCUT2D eigenvalue weighted by molar-refractivity contribution is -0.138. The van der Waals surface area contributed by atoms with E-state index in [9.17, 15) is 9.90 Å². The largest absolute Gasteiger partial charge is 0.481 e. The van der Waals surface area contributed by atoms with E-state index >= 15 is 0 Å². The minimum atomic E-state index is -0.763. The maximum absolute atomic E-state index is 11.2. The minimum absolute atomic E-state index is 0.457. The van der Waals surface area contributed by atoms with Crippen LogP contribution < -0.4 is 0 Å². The third-order valence-electron chi connectivity index (χ3n) is 4.61. The molecule has 0 amide bonds. The van der Waals surface area contributed by atoms with Crippen molar-refractivity contribution in [1.29, 1.82) is 0 Å². The maximum atomic E-state index is 11.2. The molecule has 1 aliphatic rings. The average Bonchev–Trinajstić information content (AvgIpc) is 3.08. The summed E-state index contributed by atoms with van der Waals surface area (Å²) in [4.78, 5) is 11.2. The van der Waals surface area contributed by atoms with Crippen LogP contribution in [0.3, 0.4) is 0 Å². The van der Waals surface area contributed by atoms with Gasteiger partial charge in [0, 0.05) is 23.6 Å². The van der Waals surface area contributed by atoms with Gasteiger partial charge in [0.25, 0.3) is 0 Å². The fourth-order valence-electron chi connectivity index (χ4n) is 3.39. The van der Waals surface area contributed by atoms with Crippen LogP contribution in [0.25, 0.3) is 10.9 Å². The number of rotatable bonds is 4. The number of hydrogen-bond acceptors (Lipinski definition) is 1. The van der Waals surface area contributed by atoms with E-state index < -0.39 is 11.9 Å². The molecule has 1 saturated carbocycles. The Hall–Kier alpha value is -1.77. The highest BCUT2D eigenvalue weighted by Gasteiger charge is 2.19. The van der Waals surface area contributed by atoms with Crippen LogP contribution in [0.5, 0.6) is 0 Å². The van der Waals surface area contributed by atoms with Gasteiger partial charge in [-0.05, 0) is 43.4 Å². The van der Waals surface area contributed by atoms with Crippen LogP contribution in [0.4, 0.5) is 0 Å². The molecule has 1 aromatic carbocycles. The molecule has 3 heteroatoms. The molecule has 0 saturated heterocycles. The van der Waals surface area contributed by atoms with E-state index in [1.54, 1.807) is 6.92 Å². The van der Waals surface area contributed by atoms with Crippen LogP contribution in [0, 0.1) is 5.92 Å². The second-order valence-electron chi connectivity index (χ2n) is 5.96. The van der Waals surface area contributed by atoms with E-state index in [-0.39, 0.29) is 0 Å². The van der Waals surface area contributed by atoms with E-state index in [2.05, 4.69) is 22.9 Å². The van der Waals surface area contributed by atoms with Gasteiger partial charge >= 0.3 is 5.97 Å². The number of carboxylic acids is 1. The molecule has 0 radical (unpaired) electrons. The highest BCUT2D eigenvalue weighted by molar-refractivity contribution is 5.89. The van der Waals surface area contributed by atoms with Crippen LogP contribution in [-0.2, 0) is 11.3 Å². The van der Waals surface area contributed by atoms with Gasteiger partial charge in [-0.1, -0.05) is 25.0 Å². The zero-order chi connectivity index (χ0) is 14.1. The highest BCUT2D eigenvalue weighted by Crippen LogP contribution is 2.30. The topological polar surface area (TPSA) is 42.2 Å². The summed E-state index contributed by atoms with van der Waals surface area (Å²) in [5.74, 6) is -0.437. The standard InChI is InChI=1S/C17H21NO2/c1-12(17(19)20)14-7-4-8-16-15(14)9-10-18(16)11-13-5-2-3-6-13/h4,7-10,12-13H,2-3,5-6,11H2,1H3,(H,19,20). The van der Waals surface area contributed by atoms with Crippen LogP contribution in [-0.4, -0.2) is 15.6 Å². The molecule has 1 unspecified atom stereocenters. The Morgan fingerprint density at radius 2 is 2.10 bits per heavy atom. The Kier molecular flexibility index (Phi) is 3.51. The molecule has 0 aliphatic heterocycles. The molecule has 1 N–H and O–H groups in total. The van der Waals surface area contributed by atoms with Gasteiger partial charge in [-0.25, -0.2) is 0 Å². The fraction of sp³-hybridized carbons (Fsp3) is 0.471. The van der Waals surface area contributed by atoms with Crippen LogP contribution in [0.2, 0.25) is 0 Å². The van der Waals surface area contributed by atoms with Crippen molar-refractivity contribution < 1.29 is 9.90 Å². The Labute approximate surface area is 119 Å². The summed E-state index contributed by atoms with van der Waals surface area (Å²) in [6.45, 7) is 2.82. The molecule has 0 bridgehead atoms. The first-order chi connectivity index (χ1) is 9.66. The lowest BCUT2D eigenvalue weighted by Gasteiger charge is -2.13. The molecular formula is C17H21NO2. The molecule has 1 fully saturated rings. The molecule has 3 nitrogen and oxygen atoms in total. The zero-order valence-corrected chi connectivity index (χ0v) is 11.9. The van der Waals surface area contributed by atoms with Gasteiger partial charge in [0.2, 0.25) is 0 Å². The summed E-state index contributed by atoms with van der Waals surface area (Å²) < 4.78 is 2.30. The van der Waals surface area contributed by atoms with E-state index in [0.717, 1.165) is 23.4 Å². The Morgan fingerprint density at radius 1 is 1.35 bits per heavy atom. The summed E-state index contributed by atoms with van der Waals surface area (Å²) in [5.41, 5.74) is 2.09. The summed E-state index contributed by atoms with van der Waals surface area (Å²) >= 11 is 0. The van der Waals surface area contributed by atoms with Crippen LogP contribution in [0.1, 0.15) is 44.1 Å². The Balaban J connectivity index is 1.96. The lowest BCUT2D eigenvalue weighted by Crippen LogP contribution is -2.08. The molecule has 2 aromatic rings. The number of nitrogens with zero attached hydrogens (tertiary/aromatic N) is 1. The van der Waals surface area contributed by atoms with Crippen molar-refractivity contribution in [2.45, 2.75) is 45.1 Å². The molecule has 0 spiro atoms. The number of fused-ring (bicyclic) bond motifs is 1. The number of carboxylic acid groups (broad SMARTS) is 1. The third-order valence-corrected chi connectivity index (χ3v) is 4.61. The van der Waals surface area contributed by atoms with Gasteiger partial charge in [0.1, 0.15) is 0 Å². The minimum Gasteiger partial charge on any atom is -0.481 e. The van der Waals surface area contributed by atoms with Crippen molar-refractivity contribution in [3.63, 3.8) is 0 Å². The first-order valence-electron chi connectivity index (χ1n) is 7.47. The second kappa shape index (κ2) is 5.31. The fourth-order valence-corrected chi connectivity index (χ4v) is 3.39. The highest BCUT2D eigenvalue weighted by atomic mass is 16.4. The molecule has 106 valence electrons. The number of aliphatic carboxylic acids is 1. The molecule has 1 atom stereocenters. The predicted octanol–water partition coefficient (Wildman–Crippen LogP) is 4.02. The number of aromatic nitrogens is 1. The molecule has 1 aliphatic carbocycles. The van der Waals surface area contributed by atoms with Crippen molar-refractivity contribution in [2.24, 2.45) is 5.92 Å². The third kappa shape index (κ3) is 2.33. The molecule has 1 aromatic heterocycles. The first kappa shape index (κ1) is 13.2. The van der Waals surface area contributed by atoms with E-state index in [4.69, 9.17) is 0 Å². The van der Waals surface area contributed by atoms with E-state index in [0.29, 0.717) is 0 Å². The SMILES string of the molecule is CC(C(=O)O)c1cccc2c1ccn2CC1CCCC1. The van der Waals surface area contributed by atoms with Crippen LogP contribution in [0.15, 0.2) is 30.5 Å². The second-order valence-corrected chi connectivity index (χ2v) is 5.96. The summed E-state index contributed by atoms with van der Waals surface area (Å²) in [6.07, 6.45) is 7.47. The van der Waals surface area contributed by atoms with Gasteiger partial charge < -0.3 is 9.67 Å². The quantitative estimate of drug-likeness (QED) is 0.912. The van der Waals surface area contributed by atoms with Gasteiger partial charge in [-0.3, -0.25) is 4.79 Å². The Bertz CT molecular complexity index is 623. The van der Waals surface area contributed by atoms with Gasteiger partial charge in [-0.2, -0.15) is 0 Å². The summed E-state index contributed by atoms with van der Waals surface area (Å²) in [5, 5.41) is 10.3. The zero-order valence-electron chi connectivity index (χ0n) is 11.9. The molecule has 20 heavy (non-hydrogen) atoms. The Morgan fingerprint density at radius 3 is 2.80 bits per heavy atom. The monoisotopic (exact) mass is 271 g/mol. The van der Waals surface area contributed by atoms with Crippen molar-refractivity contribution in [3.8, 4) is 0 Å². The normalized spacial score (nSPS) is 17.6. The van der Waals surface area contributed by atoms with Crippen molar-refractivity contribution >= 4 is 16.9 Å². The van der Waals surface area contributed by atoms with Gasteiger partial charge in [0.15, 0.2) is 0 Å². The summed E-state index contributed by atoms with van der Waals surface area (Å²) in [7, 11) is 0. The van der Waals surface area contributed by atoms with E-state index in [1.165, 1.54) is 31.2 Å². The number of benzene rings is 1. The van der Waals surface area contributed by atoms with Crippen molar-refractivity contribution in [3.05, 3.63) is 36.0 Å². The smallest absolute Gasteiger partial charge is 0.310 e. The molecule has 3 rings (SSSR count). The first-order valence-corrected chi connectivity index (χ1v) is 7.47. The molecule has 1 heterocycles. The number of carbonyl (C=O) groups is 1. The van der Waals surface area contributed by atoms with Gasteiger partial charge in [0.05, 0.1) is 5.92 Å². The van der Waals surface area contributed by atoms with E-state index in [1.807, 2.05) is 12.1 Å². The maximum Gasteiger partial charge on any atom is 0.310 e. The molecular weight excluding hydrogens is 250 g/mol. The van der Waals surface area contributed by atoms with Crippen molar-refractivity contribution in [2.75, 3.05) is 0 Å². The van der Waals surface area contributed by atoms with Crippen molar-refractivity contribution in [1.82, 2.24) is 4.57 Å².